The van der Waals surface area contributed by atoms with Crippen molar-refractivity contribution in [3.63, 3.8) is 0 Å². The first-order valence-electron chi connectivity index (χ1n) is 7.05. The molecule has 1 aromatic carbocycles. The van der Waals surface area contributed by atoms with Gasteiger partial charge in [-0.3, -0.25) is 9.69 Å². The number of benzene rings is 1. The van der Waals surface area contributed by atoms with E-state index in [2.05, 4.69) is 11.9 Å². The van der Waals surface area contributed by atoms with Crippen LogP contribution in [0.1, 0.15) is 36.0 Å². The van der Waals surface area contributed by atoms with Gasteiger partial charge in [0, 0.05) is 17.0 Å². The maximum absolute atomic E-state index is 12.2. The third-order valence-corrected chi connectivity index (χ3v) is 4.61. The molecule has 19 heavy (non-hydrogen) atoms. The molecule has 0 radical (unpaired) electrons. The van der Waals surface area contributed by atoms with E-state index in [9.17, 15) is 4.79 Å². The zero-order chi connectivity index (χ0) is 13.7. The number of carbonyl (C=O) groups excluding carboxylic acids is 1. The summed E-state index contributed by atoms with van der Waals surface area (Å²) in [6, 6.07) is 7.93. The third kappa shape index (κ3) is 4.36. The van der Waals surface area contributed by atoms with Gasteiger partial charge in [-0.1, -0.05) is 25.0 Å². The van der Waals surface area contributed by atoms with Crippen LogP contribution in [0.5, 0.6) is 0 Å². The van der Waals surface area contributed by atoms with Crippen LogP contribution < -0.4 is 0 Å². The Bertz CT molecular complexity index is 409. The average molecular weight is 277 g/mol. The Labute approximate surface area is 120 Å². The van der Waals surface area contributed by atoms with E-state index in [0.717, 1.165) is 18.0 Å². The molecule has 1 aromatic rings. The number of thioether (sulfide) groups is 1. The Balaban J connectivity index is 1.84. The summed E-state index contributed by atoms with van der Waals surface area (Å²) in [7, 11) is 2.06. The molecule has 0 N–H and O–H groups in total. The Morgan fingerprint density at radius 3 is 2.47 bits per heavy atom. The second kappa shape index (κ2) is 7.11. The van der Waals surface area contributed by atoms with Gasteiger partial charge in [0.2, 0.25) is 0 Å². The van der Waals surface area contributed by atoms with Gasteiger partial charge in [0.25, 0.3) is 0 Å². The highest BCUT2D eigenvalue weighted by Gasteiger charge is 2.18. The molecule has 0 unspecified atom stereocenters. The van der Waals surface area contributed by atoms with E-state index in [1.165, 1.54) is 30.6 Å². The van der Waals surface area contributed by atoms with Crippen LogP contribution in [0.2, 0.25) is 0 Å². The van der Waals surface area contributed by atoms with Gasteiger partial charge in [0.1, 0.15) is 0 Å². The second-order valence-corrected chi connectivity index (χ2v) is 6.38. The number of hydrogen-bond donors (Lipinski definition) is 0. The van der Waals surface area contributed by atoms with Gasteiger partial charge in [-0.05, 0) is 44.2 Å². The zero-order valence-corrected chi connectivity index (χ0v) is 12.7. The quantitative estimate of drug-likeness (QED) is 0.584. The predicted octanol–water partition coefficient (Wildman–Crippen LogP) is 3.71. The van der Waals surface area contributed by atoms with E-state index in [0.29, 0.717) is 6.54 Å². The molecule has 1 aliphatic rings. The van der Waals surface area contributed by atoms with Gasteiger partial charge in [-0.15, -0.1) is 11.8 Å². The van der Waals surface area contributed by atoms with E-state index >= 15 is 0 Å². The lowest BCUT2D eigenvalue weighted by atomic mass is 10.1. The molecule has 0 aromatic heterocycles. The van der Waals surface area contributed by atoms with Crippen molar-refractivity contribution < 1.29 is 4.79 Å². The molecule has 0 heterocycles. The number of hydrogen-bond acceptors (Lipinski definition) is 3. The summed E-state index contributed by atoms with van der Waals surface area (Å²) in [4.78, 5) is 15.6. The molecule has 0 aliphatic heterocycles. The lowest BCUT2D eigenvalue weighted by Gasteiger charge is -2.19. The summed E-state index contributed by atoms with van der Waals surface area (Å²) in [6.07, 6.45) is 7.44. The van der Waals surface area contributed by atoms with Gasteiger partial charge in [0.15, 0.2) is 5.78 Å². The first-order valence-corrected chi connectivity index (χ1v) is 8.27. The molecule has 0 atom stereocenters. The van der Waals surface area contributed by atoms with Crippen LogP contribution in [-0.4, -0.2) is 37.1 Å². The van der Waals surface area contributed by atoms with Crippen LogP contribution in [-0.2, 0) is 0 Å². The Hall–Kier alpha value is -0.800. The number of rotatable bonds is 6. The summed E-state index contributed by atoms with van der Waals surface area (Å²) in [5.41, 5.74) is 0.830. The molecule has 1 saturated carbocycles. The van der Waals surface area contributed by atoms with Gasteiger partial charge in [0.05, 0.1) is 6.54 Å². The van der Waals surface area contributed by atoms with Crippen molar-refractivity contribution in [3.05, 3.63) is 29.8 Å². The molecule has 104 valence electrons. The van der Waals surface area contributed by atoms with E-state index in [1.807, 2.05) is 30.5 Å². The predicted molar refractivity (Wildman–Crippen MR) is 82.0 cm³/mol. The minimum absolute atomic E-state index is 0.230. The molecule has 3 heteroatoms. The molecule has 0 spiro atoms. The Morgan fingerprint density at radius 2 is 1.89 bits per heavy atom. The fraction of sp³-hybridized carbons (Fsp3) is 0.562. The highest BCUT2D eigenvalue weighted by atomic mass is 32.2. The van der Waals surface area contributed by atoms with Crippen molar-refractivity contribution in [1.82, 2.24) is 4.90 Å². The first kappa shape index (κ1) is 14.6. The molecular weight excluding hydrogens is 254 g/mol. The van der Waals surface area contributed by atoms with Crippen LogP contribution in [0.15, 0.2) is 29.2 Å². The van der Waals surface area contributed by atoms with E-state index in [1.54, 1.807) is 11.8 Å². The Kier molecular flexibility index (Phi) is 5.46. The molecule has 1 aliphatic carbocycles. The zero-order valence-electron chi connectivity index (χ0n) is 11.9. The average Bonchev–Trinajstić information content (AvgIpc) is 2.91. The number of nitrogens with zero attached hydrogens (tertiary/aromatic N) is 1. The van der Waals surface area contributed by atoms with Crippen LogP contribution in [0, 0.1) is 5.92 Å². The number of ketones is 1. The van der Waals surface area contributed by atoms with E-state index in [4.69, 9.17) is 0 Å². The maximum Gasteiger partial charge on any atom is 0.176 e. The van der Waals surface area contributed by atoms with Gasteiger partial charge in [-0.25, -0.2) is 0 Å². The second-order valence-electron chi connectivity index (χ2n) is 5.50. The van der Waals surface area contributed by atoms with Crippen LogP contribution in [0.3, 0.4) is 0 Å². The van der Waals surface area contributed by atoms with E-state index < -0.39 is 0 Å². The topological polar surface area (TPSA) is 20.3 Å². The lowest BCUT2D eigenvalue weighted by molar-refractivity contribution is 0.0938. The maximum atomic E-state index is 12.2. The van der Waals surface area contributed by atoms with Gasteiger partial charge >= 0.3 is 0 Å². The number of carbonyl (C=O) groups is 1. The summed E-state index contributed by atoms with van der Waals surface area (Å²) in [5, 5.41) is 0. The SMILES string of the molecule is CSc1ccc(C(=O)CN(C)CC2CCCC2)cc1. The van der Waals surface area contributed by atoms with Gasteiger partial charge < -0.3 is 0 Å². The van der Waals surface area contributed by atoms with Crippen LogP contribution in [0.25, 0.3) is 0 Å². The summed E-state index contributed by atoms with van der Waals surface area (Å²) in [5.74, 6) is 1.03. The summed E-state index contributed by atoms with van der Waals surface area (Å²) < 4.78 is 0. The standard InChI is InChI=1S/C16H23NOS/c1-17(11-13-5-3-4-6-13)12-16(18)14-7-9-15(19-2)10-8-14/h7-10,13H,3-6,11-12H2,1-2H3. The van der Waals surface area contributed by atoms with Crippen LogP contribution in [0.4, 0.5) is 0 Å². The monoisotopic (exact) mass is 277 g/mol. The molecule has 2 nitrogen and oxygen atoms in total. The van der Waals surface area contributed by atoms with Crippen molar-refractivity contribution in [2.24, 2.45) is 5.92 Å². The molecule has 0 amide bonds. The van der Waals surface area contributed by atoms with Crippen molar-refractivity contribution >= 4 is 17.5 Å². The summed E-state index contributed by atoms with van der Waals surface area (Å²) in [6.45, 7) is 1.60. The minimum Gasteiger partial charge on any atom is -0.299 e. The molecular formula is C16H23NOS. The largest absolute Gasteiger partial charge is 0.299 e. The van der Waals surface area contributed by atoms with Crippen molar-refractivity contribution in [2.75, 3.05) is 26.4 Å². The molecule has 2 rings (SSSR count). The minimum atomic E-state index is 0.230. The van der Waals surface area contributed by atoms with Gasteiger partial charge in [-0.2, -0.15) is 0 Å². The highest BCUT2D eigenvalue weighted by Crippen LogP contribution is 2.25. The Morgan fingerprint density at radius 1 is 1.26 bits per heavy atom. The van der Waals surface area contributed by atoms with Crippen molar-refractivity contribution in [1.29, 1.82) is 0 Å². The van der Waals surface area contributed by atoms with Crippen molar-refractivity contribution in [3.8, 4) is 0 Å². The fourth-order valence-electron chi connectivity index (χ4n) is 2.81. The smallest absolute Gasteiger partial charge is 0.176 e. The number of Topliss-reactive ketones (excluding diaryl/α,β-unsaturated/α-hetero) is 1. The molecule has 0 bridgehead atoms. The fourth-order valence-corrected chi connectivity index (χ4v) is 3.22. The number of likely N-dealkylation sites (N-methyl/N-ethyl adjacent to an activating group) is 1. The van der Waals surface area contributed by atoms with Crippen molar-refractivity contribution in [2.45, 2.75) is 30.6 Å². The first-order chi connectivity index (χ1) is 9.19. The molecule has 0 saturated heterocycles. The highest BCUT2D eigenvalue weighted by molar-refractivity contribution is 7.98. The molecule has 1 fully saturated rings. The van der Waals surface area contributed by atoms with E-state index in [-0.39, 0.29) is 5.78 Å². The normalized spacial score (nSPS) is 16.2. The summed E-state index contributed by atoms with van der Waals surface area (Å²) >= 11 is 1.70. The lowest BCUT2D eigenvalue weighted by Crippen LogP contribution is -2.30. The third-order valence-electron chi connectivity index (χ3n) is 3.87. The van der Waals surface area contributed by atoms with Crippen LogP contribution >= 0.6 is 11.8 Å².